The van der Waals surface area contributed by atoms with E-state index in [1.807, 2.05) is 91.0 Å². The summed E-state index contributed by atoms with van der Waals surface area (Å²) in [7, 11) is -3.74. The average Bonchev–Trinajstić information content (AvgIpc) is 3.10. The Morgan fingerprint density at radius 3 is 2.00 bits per heavy atom. The lowest BCUT2D eigenvalue weighted by Gasteiger charge is -2.29. The van der Waals surface area contributed by atoms with Gasteiger partial charge in [0, 0.05) is 18.8 Å². The normalized spacial score (nSPS) is 14.3. The Labute approximate surface area is 280 Å². The van der Waals surface area contributed by atoms with Gasteiger partial charge in [-0.2, -0.15) is 0 Å². The van der Waals surface area contributed by atoms with Crippen LogP contribution < -0.4 is 11.1 Å². The topological polar surface area (TPSA) is 125 Å². The first kappa shape index (κ1) is 35.8. The summed E-state index contributed by atoms with van der Waals surface area (Å²) >= 11 is 1.06. The van der Waals surface area contributed by atoms with Gasteiger partial charge in [-0.1, -0.05) is 127 Å². The molecule has 8 nitrogen and oxygen atoms in total. The fourth-order valence-corrected chi connectivity index (χ4v) is 8.05. The quantitative estimate of drug-likeness (QED) is 0.0742. The number of nitrogens with one attached hydrogen (secondary N) is 1. The van der Waals surface area contributed by atoms with Gasteiger partial charge in [0.05, 0.1) is 12.5 Å². The van der Waals surface area contributed by atoms with E-state index in [1.54, 1.807) is 31.2 Å². The third kappa shape index (κ3) is 11.0. The number of rotatable bonds is 16. The Kier molecular flexibility index (Phi) is 13.6. The van der Waals surface area contributed by atoms with E-state index in [2.05, 4.69) is 5.32 Å². The highest BCUT2D eigenvalue weighted by atomic mass is 32.2. The first-order valence-corrected chi connectivity index (χ1v) is 18.3. The minimum atomic E-state index is -3.74. The van der Waals surface area contributed by atoms with Crippen molar-refractivity contribution in [1.82, 2.24) is 5.32 Å². The van der Waals surface area contributed by atoms with E-state index in [1.165, 1.54) is 6.92 Å². The fourth-order valence-electron chi connectivity index (χ4n) is 5.04. The Balaban J connectivity index is 1.57. The number of carbonyl (C=O) groups excluding carboxylic acids is 3. The summed E-state index contributed by atoms with van der Waals surface area (Å²) in [5, 5.41) is 2.69. The van der Waals surface area contributed by atoms with E-state index in [4.69, 9.17) is 15.0 Å². The molecule has 4 aromatic carbocycles. The highest BCUT2D eigenvalue weighted by Crippen LogP contribution is 2.58. The molecule has 4 atom stereocenters. The Bertz CT molecular complexity index is 1640. The van der Waals surface area contributed by atoms with Gasteiger partial charge in [-0.15, -0.1) is 0 Å². The van der Waals surface area contributed by atoms with E-state index in [9.17, 15) is 18.9 Å². The number of ether oxygens (including phenoxy) is 1. The van der Waals surface area contributed by atoms with Crippen LogP contribution in [0.1, 0.15) is 36.3 Å². The summed E-state index contributed by atoms with van der Waals surface area (Å²) < 4.78 is 26.1. The minimum Gasteiger partial charge on any atom is -0.459 e. The van der Waals surface area contributed by atoms with Gasteiger partial charge in [0.15, 0.2) is 5.12 Å². The zero-order chi connectivity index (χ0) is 33.6. The predicted molar refractivity (Wildman–Crippen MR) is 188 cm³/mol. The molecule has 0 aliphatic carbocycles. The maximum absolute atomic E-state index is 14.7. The van der Waals surface area contributed by atoms with Gasteiger partial charge in [-0.3, -0.25) is 14.2 Å². The lowest BCUT2D eigenvalue weighted by molar-refractivity contribution is -0.148. The number of hydrogen-bond donors (Lipinski definition) is 2. The second-order valence-electron chi connectivity index (χ2n) is 11.2. The third-order valence-corrected chi connectivity index (χ3v) is 11.1. The molecule has 0 fully saturated rings. The summed E-state index contributed by atoms with van der Waals surface area (Å²) in [5.41, 5.74) is 11.0. The highest BCUT2D eigenvalue weighted by molar-refractivity contribution is 8.13. The van der Waals surface area contributed by atoms with E-state index in [-0.39, 0.29) is 30.9 Å². The molecular formula is C37H41N2O6PS. The molecule has 47 heavy (non-hydrogen) atoms. The Morgan fingerprint density at radius 2 is 1.38 bits per heavy atom. The van der Waals surface area contributed by atoms with Crippen molar-refractivity contribution < 1.29 is 28.2 Å². The molecule has 0 aliphatic rings. The summed E-state index contributed by atoms with van der Waals surface area (Å²) in [4.78, 5) is 38.3. The molecule has 0 bridgehead atoms. The zero-order valence-electron chi connectivity index (χ0n) is 26.6. The van der Waals surface area contributed by atoms with E-state index in [0.717, 1.165) is 34.0 Å². The first-order chi connectivity index (χ1) is 22.6. The molecule has 1 amide bonds. The van der Waals surface area contributed by atoms with Gasteiger partial charge in [0.2, 0.25) is 13.3 Å². The highest BCUT2D eigenvalue weighted by Gasteiger charge is 2.38. The van der Waals surface area contributed by atoms with Crippen LogP contribution in [-0.4, -0.2) is 41.6 Å². The third-order valence-electron chi connectivity index (χ3n) is 7.59. The Hall–Kier alpha value is -4.01. The van der Waals surface area contributed by atoms with Gasteiger partial charge in [-0.25, -0.2) is 4.79 Å². The number of thioether (sulfide) groups is 1. The number of amides is 1. The van der Waals surface area contributed by atoms with Gasteiger partial charge in [0.1, 0.15) is 18.4 Å². The van der Waals surface area contributed by atoms with Crippen LogP contribution in [0, 0.1) is 5.92 Å². The lowest BCUT2D eigenvalue weighted by atomic mass is 9.97. The monoisotopic (exact) mass is 672 g/mol. The number of nitrogens with two attached hydrogens (primary N) is 1. The summed E-state index contributed by atoms with van der Waals surface area (Å²) in [6.45, 7) is 3.10. The summed E-state index contributed by atoms with van der Waals surface area (Å²) in [6.07, 6.45) is 0.0512. The maximum atomic E-state index is 14.7. The first-order valence-electron chi connectivity index (χ1n) is 15.5. The molecule has 0 aliphatic heterocycles. The molecule has 0 saturated carbocycles. The van der Waals surface area contributed by atoms with Crippen molar-refractivity contribution in [3.05, 3.63) is 132 Å². The molecule has 0 radical (unpaired) electrons. The van der Waals surface area contributed by atoms with Crippen LogP contribution in [0.3, 0.4) is 0 Å². The van der Waals surface area contributed by atoms with Crippen molar-refractivity contribution in [3.63, 3.8) is 0 Å². The number of carbonyl (C=O) groups is 3. The van der Waals surface area contributed by atoms with E-state index < -0.39 is 37.0 Å². The largest absolute Gasteiger partial charge is 0.459 e. The molecule has 3 N–H and O–H groups in total. The van der Waals surface area contributed by atoms with Crippen molar-refractivity contribution in [1.29, 1.82) is 0 Å². The van der Waals surface area contributed by atoms with Crippen LogP contribution in [0.2, 0.25) is 0 Å². The van der Waals surface area contributed by atoms with Crippen molar-refractivity contribution in [2.24, 2.45) is 11.7 Å². The van der Waals surface area contributed by atoms with Crippen LogP contribution in [0.5, 0.6) is 0 Å². The zero-order valence-corrected chi connectivity index (χ0v) is 28.3. The predicted octanol–water partition coefficient (Wildman–Crippen LogP) is 6.99. The molecule has 246 valence electrons. The molecule has 0 aromatic heterocycles. The van der Waals surface area contributed by atoms with Crippen LogP contribution in [0.15, 0.2) is 115 Å². The molecular weight excluding hydrogens is 631 g/mol. The van der Waals surface area contributed by atoms with Gasteiger partial charge in [0.25, 0.3) is 0 Å². The van der Waals surface area contributed by atoms with Crippen LogP contribution in [-0.2, 0) is 41.2 Å². The van der Waals surface area contributed by atoms with E-state index >= 15 is 0 Å². The minimum absolute atomic E-state index is 0.0182. The second-order valence-corrected chi connectivity index (χ2v) is 15.1. The lowest BCUT2D eigenvalue weighted by Crippen LogP contribution is -2.44. The molecule has 0 spiro atoms. The van der Waals surface area contributed by atoms with Gasteiger partial charge >= 0.3 is 5.97 Å². The van der Waals surface area contributed by atoms with Crippen LogP contribution in [0.4, 0.5) is 0 Å². The van der Waals surface area contributed by atoms with Crippen LogP contribution in [0.25, 0.3) is 11.1 Å². The smallest absolute Gasteiger partial charge is 0.328 e. The molecule has 0 saturated heterocycles. The number of esters is 1. The molecule has 0 heterocycles. The summed E-state index contributed by atoms with van der Waals surface area (Å²) in [5.74, 6) is -2.63. The molecule has 4 aromatic rings. The van der Waals surface area contributed by atoms with Crippen molar-refractivity contribution in [3.8, 4) is 11.1 Å². The Morgan fingerprint density at radius 1 is 0.809 bits per heavy atom. The standard InChI is InChI=1S/C37H41N2O6PS/c1-27(37(42)44-25-30-12-6-3-7-13-30)39-36(41)34(24-29-18-20-32(21-19-29)31-14-8-4-9-15-31)26-46(43,45-22-23-47-28(2)40)35(38)33-16-10-5-11-17-33/h3-21,27,34-35H,22-26,38H2,1-2H3,(H,39,41)/t27-,34+,35+,46?/m0/s1. The number of benzene rings is 4. The van der Waals surface area contributed by atoms with Gasteiger partial charge in [-0.05, 0) is 41.2 Å². The second kappa shape index (κ2) is 17.8. The van der Waals surface area contributed by atoms with Crippen LogP contribution >= 0.6 is 19.1 Å². The number of hydrogen-bond acceptors (Lipinski definition) is 8. The molecule has 10 heteroatoms. The van der Waals surface area contributed by atoms with Crippen molar-refractivity contribution in [2.45, 2.75) is 38.7 Å². The summed E-state index contributed by atoms with van der Waals surface area (Å²) in [6, 6.07) is 35.1. The SMILES string of the molecule is CC(=O)SCCOP(=O)(C[C@@H](Cc1ccc(-c2ccccc2)cc1)C(=O)N[C@@H](C)C(=O)OCc1ccccc1)[C@@H](N)c1ccccc1. The van der Waals surface area contributed by atoms with Crippen molar-refractivity contribution in [2.75, 3.05) is 18.5 Å². The van der Waals surface area contributed by atoms with Gasteiger partial charge < -0.3 is 20.3 Å². The van der Waals surface area contributed by atoms with E-state index in [0.29, 0.717) is 11.3 Å². The molecule has 1 unspecified atom stereocenters. The molecule has 4 rings (SSSR count). The van der Waals surface area contributed by atoms with Crippen molar-refractivity contribution >= 4 is 36.1 Å². The fraction of sp³-hybridized carbons (Fsp3) is 0.270. The maximum Gasteiger partial charge on any atom is 0.328 e. The average molecular weight is 673 g/mol.